The van der Waals surface area contributed by atoms with Gasteiger partial charge in [0.25, 0.3) is 5.91 Å². The van der Waals surface area contributed by atoms with Crippen LogP contribution in [0.15, 0.2) is 72.8 Å². The van der Waals surface area contributed by atoms with Gasteiger partial charge in [0.05, 0.1) is 44.3 Å². The fourth-order valence-electron chi connectivity index (χ4n) is 5.83. The second kappa shape index (κ2) is 16.0. The number of rotatable bonds is 12. The summed E-state index contributed by atoms with van der Waals surface area (Å²) in [4.78, 5) is 26.1. The van der Waals surface area contributed by atoms with Gasteiger partial charge in [-0.3, -0.25) is 4.79 Å². The fraction of sp³-hybridized carbons (Fsp3) is 0.400. The summed E-state index contributed by atoms with van der Waals surface area (Å²) in [5.41, 5.74) is -2.08. The van der Waals surface area contributed by atoms with Crippen molar-refractivity contribution >= 4 is 28.7 Å². The lowest BCUT2D eigenvalue weighted by Crippen LogP contribution is -2.49. The van der Waals surface area contributed by atoms with Crippen LogP contribution in [0.1, 0.15) is 106 Å². The number of carbonyl (C=O) groups excluding carboxylic acids is 2. The minimum Gasteiger partial charge on any atom is -0.444 e. The molecule has 1 aliphatic rings. The molecule has 10 nitrogen and oxygen atoms in total. The Morgan fingerprint density at radius 1 is 0.964 bits per heavy atom. The number of nitrogens with zero attached hydrogens (tertiary/aromatic N) is 3. The van der Waals surface area contributed by atoms with Crippen molar-refractivity contribution in [3.63, 3.8) is 0 Å². The fourth-order valence-corrected chi connectivity index (χ4v) is 6.79. The van der Waals surface area contributed by atoms with E-state index in [1.54, 1.807) is 51.1 Å². The molecule has 0 spiro atoms. The molecule has 1 aromatic heterocycles. The first-order valence-corrected chi connectivity index (χ1v) is 18.9. The Balaban J connectivity index is 1.54. The van der Waals surface area contributed by atoms with Gasteiger partial charge in [-0.05, 0) is 113 Å². The first-order valence-electron chi connectivity index (χ1n) is 17.7. The second-order valence-corrected chi connectivity index (χ2v) is 17.5. The highest BCUT2D eigenvalue weighted by Crippen LogP contribution is 2.43. The first-order chi connectivity index (χ1) is 25.7. The first kappa shape index (κ1) is 41.1. The molecule has 1 saturated carbocycles. The molecule has 2 amide bonds. The van der Waals surface area contributed by atoms with Crippen molar-refractivity contribution in [3.05, 3.63) is 112 Å². The van der Waals surface area contributed by atoms with Crippen LogP contribution in [0.25, 0.3) is 5.69 Å². The monoisotopic (exact) mass is 780 g/mol. The van der Waals surface area contributed by atoms with Crippen LogP contribution in [0, 0.1) is 23.1 Å². The van der Waals surface area contributed by atoms with Crippen LogP contribution in [0.5, 0.6) is 0 Å². The summed E-state index contributed by atoms with van der Waals surface area (Å²) >= 11 is 0. The largest absolute Gasteiger partial charge is 0.444 e. The molecule has 1 heterocycles. The lowest BCUT2D eigenvalue weighted by molar-refractivity contribution is -0.141. The zero-order chi connectivity index (χ0) is 40.3. The Morgan fingerprint density at radius 3 is 2.24 bits per heavy atom. The smallest absolute Gasteiger partial charge is 0.435 e. The molecule has 3 aromatic carbocycles. The lowest BCUT2D eigenvalue weighted by Gasteiger charge is -2.38. The molecule has 1 fully saturated rings. The van der Waals surface area contributed by atoms with Gasteiger partial charge in [-0.2, -0.15) is 23.5 Å². The summed E-state index contributed by atoms with van der Waals surface area (Å²) in [6.07, 6.45) is -2.38. The van der Waals surface area contributed by atoms with E-state index in [1.165, 1.54) is 30.3 Å². The van der Waals surface area contributed by atoms with Crippen LogP contribution in [0.3, 0.4) is 0 Å². The van der Waals surface area contributed by atoms with Gasteiger partial charge in [-0.15, -0.1) is 0 Å². The number of nitrogens with one attached hydrogen (secondary N) is 3. The molecule has 1 unspecified atom stereocenters. The third-order valence-electron chi connectivity index (χ3n) is 8.89. The maximum absolute atomic E-state index is 15.7. The standard InChI is InChI=1S/C40H44F4N6O4S/c1-37(2,3)54-36(52)46-24-27-8-7-9-30(20-27)50-33(22-34(48-50)40(42,43)44)35(51)47-32-21-29(16-17-31(32)41)39(19-18-25-10-11-25,49-55(53)38(4,5)6)28-14-12-26(23-45)13-15-28/h7-9,12-17,20-22,25,49H,10-11,18-19,24H2,1-6H3,(H,46,52)(H,47,51)/t39?,55-/m0/s1. The number of aromatic nitrogens is 2. The summed E-state index contributed by atoms with van der Waals surface area (Å²) in [6, 6.07) is 19.5. The summed E-state index contributed by atoms with van der Waals surface area (Å²) < 4.78 is 80.2. The lowest BCUT2D eigenvalue weighted by atomic mass is 9.79. The van der Waals surface area contributed by atoms with E-state index in [2.05, 4.69) is 26.5 Å². The molecule has 0 bridgehead atoms. The van der Waals surface area contributed by atoms with Gasteiger partial charge in [0.1, 0.15) is 17.1 Å². The highest BCUT2D eigenvalue weighted by molar-refractivity contribution is 7.84. The molecule has 15 heteroatoms. The Bertz CT molecular complexity index is 2110. The van der Waals surface area contributed by atoms with E-state index in [0.29, 0.717) is 40.7 Å². The van der Waals surface area contributed by atoms with E-state index in [-0.39, 0.29) is 17.9 Å². The number of anilines is 1. The number of hydrogen-bond acceptors (Lipinski definition) is 6. The van der Waals surface area contributed by atoms with Gasteiger partial charge >= 0.3 is 12.3 Å². The maximum atomic E-state index is 15.7. The van der Waals surface area contributed by atoms with Crippen molar-refractivity contribution in [3.8, 4) is 11.8 Å². The second-order valence-electron chi connectivity index (χ2n) is 15.6. The summed E-state index contributed by atoms with van der Waals surface area (Å²) in [5.74, 6) is -1.50. The molecule has 55 heavy (non-hydrogen) atoms. The molecule has 0 radical (unpaired) electrons. The third-order valence-corrected chi connectivity index (χ3v) is 10.5. The molecular weight excluding hydrogens is 737 g/mol. The average Bonchev–Trinajstić information content (AvgIpc) is 3.82. The molecular formula is C40H44F4N6O4S. The molecule has 4 aromatic rings. The van der Waals surface area contributed by atoms with Crippen LogP contribution in [0.2, 0.25) is 0 Å². The van der Waals surface area contributed by atoms with E-state index in [4.69, 9.17) is 4.74 Å². The number of alkyl halides is 3. The van der Waals surface area contributed by atoms with Crippen LogP contribution in [-0.2, 0) is 34.0 Å². The SMILES string of the molecule is CC(C)(C)OC(=O)NCc1cccc(-n2nc(C(F)(F)F)cc2C(=O)Nc2cc(C(CCC3CC3)(N[S@@](=O)C(C)(C)C)c3ccc(C#N)cc3)ccc2F)c1. The maximum Gasteiger partial charge on any atom is 0.435 e. The molecule has 1 aliphatic carbocycles. The van der Waals surface area contributed by atoms with E-state index >= 15 is 4.39 Å². The van der Waals surface area contributed by atoms with Crippen LogP contribution >= 0.6 is 0 Å². The summed E-state index contributed by atoms with van der Waals surface area (Å²) in [7, 11) is -1.65. The van der Waals surface area contributed by atoms with E-state index in [1.807, 2.05) is 20.8 Å². The van der Waals surface area contributed by atoms with Crippen LogP contribution in [-0.4, -0.2) is 36.3 Å². The zero-order valence-corrected chi connectivity index (χ0v) is 32.3. The molecule has 5 rings (SSSR count). The quantitative estimate of drug-likeness (QED) is 0.123. The highest BCUT2D eigenvalue weighted by atomic mass is 32.2. The summed E-state index contributed by atoms with van der Waals surface area (Å²) in [5, 5.41) is 18.2. The van der Waals surface area contributed by atoms with Crippen molar-refractivity contribution in [2.75, 3.05) is 5.32 Å². The van der Waals surface area contributed by atoms with E-state index in [0.717, 1.165) is 30.0 Å². The number of alkyl carbamates (subject to hydrolysis) is 1. The van der Waals surface area contributed by atoms with E-state index in [9.17, 15) is 32.2 Å². The van der Waals surface area contributed by atoms with Crippen molar-refractivity contribution in [1.29, 1.82) is 5.26 Å². The average molecular weight is 781 g/mol. The number of benzene rings is 3. The van der Waals surface area contributed by atoms with Crippen LogP contribution < -0.4 is 15.4 Å². The molecule has 0 aliphatic heterocycles. The van der Waals surface area contributed by atoms with Crippen LogP contribution in [0.4, 0.5) is 28.0 Å². The van der Waals surface area contributed by atoms with Gasteiger partial charge in [-0.1, -0.05) is 43.2 Å². The third kappa shape index (κ3) is 10.4. The van der Waals surface area contributed by atoms with Gasteiger partial charge in [0, 0.05) is 12.6 Å². The number of carbonyl (C=O) groups is 2. The van der Waals surface area contributed by atoms with Gasteiger partial charge in [0.15, 0.2) is 5.69 Å². The Hall–Kier alpha value is -5.07. The Kier molecular flexibility index (Phi) is 11.9. The summed E-state index contributed by atoms with van der Waals surface area (Å²) in [6.45, 7) is 10.5. The highest BCUT2D eigenvalue weighted by Gasteiger charge is 2.41. The number of ether oxygens (including phenoxy) is 1. The molecule has 0 saturated heterocycles. The van der Waals surface area contributed by atoms with Crippen molar-refractivity contribution in [2.45, 2.75) is 95.8 Å². The zero-order valence-electron chi connectivity index (χ0n) is 31.4. The van der Waals surface area contributed by atoms with Gasteiger partial charge in [-0.25, -0.2) is 22.8 Å². The predicted molar refractivity (Wildman–Crippen MR) is 201 cm³/mol. The minimum absolute atomic E-state index is 0.0363. The number of nitriles is 1. The number of halogens is 4. The minimum atomic E-state index is -4.92. The topological polar surface area (TPSA) is 138 Å². The van der Waals surface area contributed by atoms with Crippen molar-refractivity contribution in [2.24, 2.45) is 5.92 Å². The van der Waals surface area contributed by atoms with Gasteiger partial charge in [0.2, 0.25) is 0 Å². The van der Waals surface area contributed by atoms with Gasteiger partial charge < -0.3 is 15.4 Å². The van der Waals surface area contributed by atoms with Crippen molar-refractivity contribution < 1.29 is 36.1 Å². The van der Waals surface area contributed by atoms with Crippen molar-refractivity contribution in [1.82, 2.24) is 19.8 Å². The molecule has 2 atom stereocenters. The number of hydrogen-bond donors (Lipinski definition) is 3. The van der Waals surface area contributed by atoms with E-state index < -0.39 is 62.3 Å². The molecule has 3 N–H and O–H groups in total. The number of amides is 2. The normalized spacial score (nSPS) is 15.1. The predicted octanol–water partition coefficient (Wildman–Crippen LogP) is 8.66. The Morgan fingerprint density at radius 2 is 1.64 bits per heavy atom. The molecule has 292 valence electrons. The Labute approximate surface area is 320 Å².